The summed E-state index contributed by atoms with van der Waals surface area (Å²) in [6, 6.07) is 1.84. The molecule has 7 heteroatoms. The van der Waals surface area contributed by atoms with Crippen LogP contribution in [0.15, 0.2) is 16.7 Å². The number of aliphatic carboxylic acids is 1. The van der Waals surface area contributed by atoms with Gasteiger partial charge < -0.3 is 14.8 Å². The minimum absolute atomic E-state index is 0.157. The van der Waals surface area contributed by atoms with E-state index in [1.165, 1.54) is 6.26 Å². The average molecular weight is 289 g/mol. The second kappa shape index (κ2) is 5.08. The highest BCUT2D eigenvalue weighted by Gasteiger charge is 2.22. The molecule has 0 aromatic carbocycles. The van der Waals surface area contributed by atoms with E-state index in [-0.39, 0.29) is 17.7 Å². The van der Waals surface area contributed by atoms with Gasteiger partial charge in [0.1, 0.15) is 12.2 Å². The monoisotopic (exact) mass is 289 g/mol. The number of aryl methyl sites for hydroxylation is 3. The number of aromatic nitrogens is 2. The van der Waals surface area contributed by atoms with Crippen molar-refractivity contribution < 1.29 is 19.1 Å². The topological polar surface area (TPSA) is 97.4 Å². The molecule has 2 N–H and O–H groups in total. The smallest absolute Gasteiger partial charge is 0.311 e. The summed E-state index contributed by atoms with van der Waals surface area (Å²) in [5.41, 5.74) is 1.97. The van der Waals surface area contributed by atoms with Gasteiger partial charge in [0.2, 0.25) is 0 Å². The Balaban J connectivity index is 1.81. The van der Waals surface area contributed by atoms with E-state index in [2.05, 4.69) is 10.4 Å². The quantitative estimate of drug-likeness (QED) is 0.891. The summed E-state index contributed by atoms with van der Waals surface area (Å²) in [5, 5.41) is 15.8. The zero-order chi connectivity index (χ0) is 15.0. The van der Waals surface area contributed by atoms with Crippen molar-refractivity contribution >= 4 is 17.7 Å². The van der Waals surface area contributed by atoms with Crippen molar-refractivity contribution in [3.05, 3.63) is 34.9 Å². The third kappa shape index (κ3) is 2.54. The summed E-state index contributed by atoms with van der Waals surface area (Å²) in [6.07, 6.45) is 3.09. The van der Waals surface area contributed by atoms with Crippen LogP contribution in [0, 0.1) is 6.92 Å². The summed E-state index contributed by atoms with van der Waals surface area (Å²) in [5.74, 6) is -0.797. The minimum atomic E-state index is -1.04. The lowest BCUT2D eigenvalue weighted by molar-refractivity contribution is -0.136. The largest absolute Gasteiger partial charge is 0.481 e. The molecule has 0 saturated carbocycles. The van der Waals surface area contributed by atoms with Crippen LogP contribution < -0.4 is 5.32 Å². The number of carboxylic acid groups (broad SMARTS) is 1. The molecule has 1 amide bonds. The SMILES string of the molecule is Cc1coc(CC(=O)O)c1C(=O)Nc1cc2n(n1)CCC2. The van der Waals surface area contributed by atoms with Gasteiger partial charge in [-0.05, 0) is 19.8 Å². The summed E-state index contributed by atoms with van der Waals surface area (Å²) in [6.45, 7) is 2.57. The fourth-order valence-electron chi connectivity index (χ4n) is 2.57. The number of fused-ring (bicyclic) bond motifs is 1. The third-order valence-electron chi connectivity index (χ3n) is 3.50. The molecular formula is C14H15N3O4. The van der Waals surface area contributed by atoms with Gasteiger partial charge in [-0.1, -0.05) is 0 Å². The van der Waals surface area contributed by atoms with Crippen LogP contribution in [-0.4, -0.2) is 26.8 Å². The van der Waals surface area contributed by atoms with E-state index in [4.69, 9.17) is 9.52 Å². The number of furan rings is 1. The normalized spacial score (nSPS) is 13.2. The maximum absolute atomic E-state index is 12.3. The molecule has 0 atom stereocenters. The lowest BCUT2D eigenvalue weighted by Gasteiger charge is -2.03. The van der Waals surface area contributed by atoms with Crippen LogP contribution in [0.25, 0.3) is 0 Å². The predicted molar refractivity (Wildman–Crippen MR) is 73.3 cm³/mol. The number of carbonyl (C=O) groups is 2. The average Bonchev–Trinajstić information content (AvgIpc) is 3.03. The lowest BCUT2D eigenvalue weighted by atomic mass is 10.1. The molecule has 1 aliphatic heterocycles. The van der Waals surface area contributed by atoms with Crippen molar-refractivity contribution in [2.45, 2.75) is 32.7 Å². The molecule has 0 unspecified atom stereocenters. The molecule has 110 valence electrons. The fraction of sp³-hybridized carbons (Fsp3) is 0.357. The van der Waals surface area contributed by atoms with Gasteiger partial charge in [-0.2, -0.15) is 5.10 Å². The first-order valence-corrected chi connectivity index (χ1v) is 6.71. The molecule has 0 fully saturated rings. The van der Waals surface area contributed by atoms with E-state index < -0.39 is 11.9 Å². The van der Waals surface area contributed by atoms with Crippen LogP contribution in [0.2, 0.25) is 0 Å². The van der Waals surface area contributed by atoms with Gasteiger partial charge in [-0.3, -0.25) is 14.3 Å². The van der Waals surface area contributed by atoms with E-state index in [0.29, 0.717) is 11.4 Å². The fourth-order valence-corrected chi connectivity index (χ4v) is 2.57. The number of hydrogen-bond donors (Lipinski definition) is 2. The molecule has 0 saturated heterocycles. The summed E-state index contributed by atoms with van der Waals surface area (Å²) >= 11 is 0. The molecule has 3 rings (SSSR count). The van der Waals surface area contributed by atoms with Gasteiger partial charge in [0, 0.05) is 23.9 Å². The molecule has 21 heavy (non-hydrogen) atoms. The second-order valence-electron chi connectivity index (χ2n) is 5.09. The van der Waals surface area contributed by atoms with Crippen LogP contribution in [0.3, 0.4) is 0 Å². The lowest BCUT2D eigenvalue weighted by Crippen LogP contribution is -2.16. The van der Waals surface area contributed by atoms with Gasteiger partial charge in [0.05, 0.1) is 11.8 Å². The van der Waals surface area contributed by atoms with E-state index in [1.807, 2.05) is 10.7 Å². The van der Waals surface area contributed by atoms with Gasteiger partial charge in [0.15, 0.2) is 5.82 Å². The van der Waals surface area contributed by atoms with Gasteiger partial charge >= 0.3 is 5.97 Å². The number of nitrogens with zero attached hydrogens (tertiary/aromatic N) is 2. The Hall–Kier alpha value is -2.57. The molecule has 3 heterocycles. The maximum Gasteiger partial charge on any atom is 0.311 e. The van der Waals surface area contributed by atoms with Gasteiger partial charge in [0.25, 0.3) is 5.91 Å². The standard InChI is InChI=1S/C14H15N3O4/c1-8-7-21-10(6-12(18)19)13(8)14(20)15-11-5-9-3-2-4-17(9)16-11/h5,7H,2-4,6H2,1H3,(H,18,19)(H,15,16,20). The number of carboxylic acids is 1. The van der Waals surface area contributed by atoms with Gasteiger partial charge in [-0.25, -0.2) is 0 Å². The van der Waals surface area contributed by atoms with Crippen LogP contribution >= 0.6 is 0 Å². The van der Waals surface area contributed by atoms with Crippen LogP contribution in [0.5, 0.6) is 0 Å². The van der Waals surface area contributed by atoms with Crippen molar-refractivity contribution in [2.24, 2.45) is 0 Å². The van der Waals surface area contributed by atoms with Crippen molar-refractivity contribution in [1.29, 1.82) is 0 Å². The zero-order valence-electron chi connectivity index (χ0n) is 11.5. The Labute approximate surface area is 120 Å². The highest BCUT2D eigenvalue weighted by atomic mass is 16.4. The predicted octanol–water partition coefficient (Wildman–Crippen LogP) is 1.61. The molecule has 0 spiro atoms. The molecule has 1 aliphatic rings. The number of hydrogen-bond acceptors (Lipinski definition) is 4. The minimum Gasteiger partial charge on any atom is -0.481 e. The Kier molecular flexibility index (Phi) is 3.25. The maximum atomic E-state index is 12.3. The molecule has 0 radical (unpaired) electrons. The molecule has 0 bridgehead atoms. The highest BCUT2D eigenvalue weighted by molar-refractivity contribution is 6.06. The molecule has 2 aromatic rings. The Morgan fingerprint density at radius 3 is 3.05 bits per heavy atom. The molecule has 7 nitrogen and oxygen atoms in total. The van der Waals surface area contributed by atoms with Gasteiger partial charge in [-0.15, -0.1) is 0 Å². The van der Waals surface area contributed by atoms with Crippen molar-refractivity contribution in [3.63, 3.8) is 0 Å². The Morgan fingerprint density at radius 2 is 2.33 bits per heavy atom. The van der Waals surface area contributed by atoms with Crippen LogP contribution in [0.4, 0.5) is 5.82 Å². The van der Waals surface area contributed by atoms with Crippen molar-refractivity contribution in [3.8, 4) is 0 Å². The van der Waals surface area contributed by atoms with E-state index in [0.717, 1.165) is 25.1 Å². The first kappa shape index (κ1) is 13.4. The molecule has 0 aliphatic carbocycles. The number of anilines is 1. The molecule has 2 aromatic heterocycles. The summed E-state index contributed by atoms with van der Waals surface area (Å²) in [7, 11) is 0. The number of nitrogens with one attached hydrogen (secondary N) is 1. The Morgan fingerprint density at radius 1 is 1.52 bits per heavy atom. The second-order valence-corrected chi connectivity index (χ2v) is 5.09. The molecular weight excluding hydrogens is 274 g/mol. The number of rotatable bonds is 4. The van der Waals surface area contributed by atoms with E-state index in [1.54, 1.807) is 6.92 Å². The number of amides is 1. The first-order chi connectivity index (χ1) is 10.0. The summed E-state index contributed by atoms with van der Waals surface area (Å²) in [4.78, 5) is 23.1. The van der Waals surface area contributed by atoms with Crippen LogP contribution in [-0.2, 0) is 24.2 Å². The first-order valence-electron chi connectivity index (χ1n) is 6.71. The van der Waals surface area contributed by atoms with E-state index in [9.17, 15) is 9.59 Å². The Bertz CT molecular complexity index is 692. The summed E-state index contributed by atoms with van der Waals surface area (Å²) < 4.78 is 7.03. The zero-order valence-corrected chi connectivity index (χ0v) is 11.5. The van der Waals surface area contributed by atoms with Crippen molar-refractivity contribution in [1.82, 2.24) is 9.78 Å². The number of carbonyl (C=O) groups excluding carboxylic acids is 1. The van der Waals surface area contributed by atoms with E-state index >= 15 is 0 Å². The van der Waals surface area contributed by atoms with Crippen LogP contribution in [0.1, 0.15) is 33.8 Å². The highest BCUT2D eigenvalue weighted by Crippen LogP contribution is 2.21. The van der Waals surface area contributed by atoms with Crippen molar-refractivity contribution in [2.75, 3.05) is 5.32 Å². The third-order valence-corrected chi connectivity index (χ3v) is 3.50.